The number of rotatable bonds is 4. The van der Waals surface area contributed by atoms with Crippen LogP contribution in [-0.4, -0.2) is 22.7 Å². The van der Waals surface area contributed by atoms with Gasteiger partial charge in [-0.05, 0) is 61.5 Å². The maximum absolute atomic E-state index is 15.2. The lowest BCUT2D eigenvalue weighted by molar-refractivity contribution is -0.147. The number of hydrogen-bond acceptors (Lipinski definition) is 4. The second-order valence-electron chi connectivity index (χ2n) is 11.0. The molecule has 1 saturated heterocycles. The van der Waals surface area contributed by atoms with Gasteiger partial charge in [-0.15, -0.1) is 0 Å². The highest BCUT2D eigenvalue weighted by Crippen LogP contribution is 2.58. The molecule has 0 aromatic heterocycles. The summed E-state index contributed by atoms with van der Waals surface area (Å²) >= 11 is 5.93. The minimum Gasteiger partial charge on any atom is -0.300 e. The third kappa shape index (κ3) is 4.39. The molecule has 1 saturated carbocycles. The second-order valence-corrected chi connectivity index (χ2v) is 11.3. The zero-order chi connectivity index (χ0) is 28.7. The molecule has 5 nitrogen and oxygen atoms in total. The van der Waals surface area contributed by atoms with Crippen molar-refractivity contribution in [3.63, 3.8) is 0 Å². The minimum absolute atomic E-state index is 0.0260. The molecule has 1 aliphatic carbocycles. The largest absolute Gasteiger partial charge is 0.300 e. The van der Waals surface area contributed by atoms with E-state index >= 15 is 9.59 Å². The molecule has 2 aliphatic rings. The van der Waals surface area contributed by atoms with Crippen molar-refractivity contribution < 1.29 is 14.4 Å². The number of benzene rings is 4. The predicted octanol–water partition coefficient (Wildman–Crippen LogP) is 6.89. The third-order valence-corrected chi connectivity index (χ3v) is 8.81. The Hall–Kier alpha value is -4.42. The molecule has 204 valence electrons. The van der Waals surface area contributed by atoms with Crippen LogP contribution in [-0.2, 0) is 14.4 Å². The van der Waals surface area contributed by atoms with Crippen LogP contribution in [0.4, 0.5) is 11.4 Å². The van der Waals surface area contributed by atoms with E-state index in [0.29, 0.717) is 11.4 Å². The lowest BCUT2D eigenvalue weighted by Crippen LogP contribution is -2.70. The summed E-state index contributed by atoms with van der Waals surface area (Å²) in [7, 11) is 0. The number of anilines is 2. The highest BCUT2D eigenvalue weighted by Gasteiger charge is 2.67. The monoisotopic (exact) mass is 558 g/mol. The van der Waals surface area contributed by atoms with E-state index in [-0.39, 0.29) is 23.7 Å². The maximum Gasteiger partial charge on any atom is 0.250 e. The van der Waals surface area contributed by atoms with Gasteiger partial charge >= 0.3 is 0 Å². The van der Waals surface area contributed by atoms with Gasteiger partial charge in [0.1, 0.15) is 11.2 Å². The van der Waals surface area contributed by atoms with Gasteiger partial charge in [0.15, 0.2) is 5.11 Å². The Morgan fingerprint density at radius 1 is 0.585 bits per heavy atom. The van der Waals surface area contributed by atoms with Crippen molar-refractivity contribution in [3.8, 4) is 0 Å². The summed E-state index contributed by atoms with van der Waals surface area (Å²) in [6.45, 7) is 3.98. The highest BCUT2D eigenvalue weighted by molar-refractivity contribution is 7.81. The summed E-state index contributed by atoms with van der Waals surface area (Å²) < 4.78 is 0. The van der Waals surface area contributed by atoms with Gasteiger partial charge in [-0.2, -0.15) is 0 Å². The van der Waals surface area contributed by atoms with Crippen molar-refractivity contribution in [1.29, 1.82) is 0 Å². The molecule has 2 unspecified atom stereocenters. The van der Waals surface area contributed by atoms with Crippen LogP contribution in [0.25, 0.3) is 0 Å². The molecule has 0 radical (unpaired) electrons. The van der Waals surface area contributed by atoms with Crippen LogP contribution in [0, 0.1) is 19.3 Å². The number of amides is 2. The van der Waals surface area contributed by atoms with Gasteiger partial charge in [-0.25, -0.2) is 0 Å². The van der Waals surface area contributed by atoms with Crippen LogP contribution in [0.2, 0.25) is 0 Å². The number of para-hydroxylation sites is 2. The Bertz CT molecular complexity index is 1510. The number of thiocarbonyl (C=S) groups is 1. The van der Waals surface area contributed by atoms with Gasteiger partial charge in [0.25, 0.3) is 0 Å². The summed E-state index contributed by atoms with van der Waals surface area (Å²) in [5.74, 6) is -2.13. The lowest BCUT2D eigenvalue weighted by Gasteiger charge is -2.54. The van der Waals surface area contributed by atoms with Crippen molar-refractivity contribution in [2.75, 3.05) is 9.80 Å². The second kappa shape index (κ2) is 10.5. The molecular formula is C35H30N2O3S. The zero-order valence-corrected chi connectivity index (χ0v) is 23.8. The molecule has 1 heterocycles. The molecule has 4 aromatic carbocycles. The SMILES string of the molecule is Cc1ccc(C2CC(=O)CC(c3ccc(C)cc3)C23C(=O)N(c2ccccc2)C(=S)N(c2ccccc2)C3=O)cc1. The Kier molecular flexibility index (Phi) is 6.88. The molecule has 2 atom stereocenters. The number of ketones is 1. The predicted molar refractivity (Wildman–Crippen MR) is 165 cm³/mol. The maximum atomic E-state index is 15.2. The quantitative estimate of drug-likeness (QED) is 0.202. The molecule has 0 bridgehead atoms. The molecule has 0 N–H and O–H groups in total. The van der Waals surface area contributed by atoms with Crippen molar-refractivity contribution in [3.05, 3.63) is 131 Å². The first kappa shape index (κ1) is 26.8. The van der Waals surface area contributed by atoms with Gasteiger partial charge in [0.05, 0.1) is 11.4 Å². The van der Waals surface area contributed by atoms with E-state index < -0.39 is 29.1 Å². The van der Waals surface area contributed by atoms with Gasteiger partial charge in [0, 0.05) is 24.7 Å². The Morgan fingerprint density at radius 3 is 1.32 bits per heavy atom. The summed E-state index contributed by atoms with van der Waals surface area (Å²) in [5, 5.41) is 0.102. The van der Waals surface area contributed by atoms with E-state index in [1.54, 1.807) is 0 Å². The van der Waals surface area contributed by atoms with Crippen molar-refractivity contribution in [2.24, 2.45) is 5.41 Å². The number of aryl methyl sites for hydroxylation is 2. The topological polar surface area (TPSA) is 57.7 Å². The van der Waals surface area contributed by atoms with E-state index in [2.05, 4.69) is 0 Å². The third-order valence-electron chi connectivity index (χ3n) is 8.45. The van der Waals surface area contributed by atoms with Crippen LogP contribution in [0.1, 0.15) is 46.9 Å². The van der Waals surface area contributed by atoms with Gasteiger partial charge in [-0.1, -0.05) is 96.1 Å². The van der Waals surface area contributed by atoms with Crippen LogP contribution in [0.3, 0.4) is 0 Å². The van der Waals surface area contributed by atoms with Gasteiger partial charge in [0.2, 0.25) is 11.8 Å². The van der Waals surface area contributed by atoms with E-state index in [4.69, 9.17) is 12.2 Å². The minimum atomic E-state index is -1.62. The molecule has 4 aromatic rings. The first-order valence-electron chi connectivity index (χ1n) is 13.8. The number of carbonyl (C=O) groups is 3. The van der Waals surface area contributed by atoms with Crippen molar-refractivity contribution >= 4 is 46.3 Å². The summed E-state index contributed by atoms with van der Waals surface area (Å²) in [4.78, 5) is 46.9. The smallest absolute Gasteiger partial charge is 0.250 e. The van der Waals surface area contributed by atoms with Crippen LogP contribution in [0.15, 0.2) is 109 Å². The molecule has 1 aliphatic heterocycles. The molecule has 1 spiro atoms. The summed E-state index contributed by atoms with van der Waals surface area (Å²) in [5.41, 5.74) is 3.23. The highest BCUT2D eigenvalue weighted by atomic mass is 32.1. The molecule has 6 rings (SSSR count). The Balaban J connectivity index is 1.67. The van der Waals surface area contributed by atoms with Gasteiger partial charge in [-0.3, -0.25) is 24.2 Å². The van der Waals surface area contributed by atoms with E-state index in [1.807, 2.05) is 123 Å². The Morgan fingerprint density at radius 2 is 0.951 bits per heavy atom. The lowest BCUT2D eigenvalue weighted by atomic mass is 9.54. The number of nitrogens with zero attached hydrogens (tertiary/aromatic N) is 2. The number of Topliss-reactive ketones (excluding diaryl/α,β-unsaturated/α-hetero) is 1. The van der Waals surface area contributed by atoms with Crippen molar-refractivity contribution in [1.82, 2.24) is 0 Å². The normalized spacial score (nSPS) is 20.5. The average Bonchev–Trinajstić information content (AvgIpc) is 2.98. The van der Waals surface area contributed by atoms with E-state index in [9.17, 15) is 4.79 Å². The molecular weight excluding hydrogens is 528 g/mol. The first-order chi connectivity index (χ1) is 19.8. The van der Waals surface area contributed by atoms with Crippen LogP contribution < -0.4 is 9.80 Å². The number of carbonyl (C=O) groups excluding carboxylic acids is 3. The summed E-state index contributed by atoms with van der Waals surface area (Å²) in [6, 6.07) is 34.1. The number of hydrogen-bond donors (Lipinski definition) is 0. The molecule has 6 heteroatoms. The molecule has 2 fully saturated rings. The average molecular weight is 559 g/mol. The fourth-order valence-electron chi connectivity index (χ4n) is 6.40. The fourth-order valence-corrected chi connectivity index (χ4v) is 6.78. The standard InChI is InChI=1S/C35H30N2O3S/c1-23-13-17-25(18-14-23)30-21-29(38)22-31(26-19-15-24(2)16-20-26)35(30)32(39)36(27-9-5-3-6-10-27)34(41)37(33(35)40)28-11-7-4-8-12-28/h3-20,30-31H,21-22H2,1-2H3. The summed E-state index contributed by atoms with van der Waals surface area (Å²) in [6.07, 6.45) is 0.168. The Labute approximate surface area is 245 Å². The van der Waals surface area contributed by atoms with E-state index in [1.165, 1.54) is 9.80 Å². The van der Waals surface area contributed by atoms with Gasteiger partial charge < -0.3 is 0 Å². The molecule has 2 amide bonds. The fraction of sp³-hybridized carbons (Fsp3) is 0.200. The van der Waals surface area contributed by atoms with Crippen LogP contribution in [0.5, 0.6) is 0 Å². The van der Waals surface area contributed by atoms with Crippen molar-refractivity contribution in [2.45, 2.75) is 38.5 Å². The molecule has 41 heavy (non-hydrogen) atoms. The van der Waals surface area contributed by atoms with E-state index in [0.717, 1.165) is 22.3 Å². The zero-order valence-electron chi connectivity index (χ0n) is 23.0. The van der Waals surface area contributed by atoms with Crippen LogP contribution >= 0.6 is 12.2 Å². The first-order valence-corrected chi connectivity index (χ1v) is 14.2.